The van der Waals surface area contributed by atoms with Crippen LogP contribution in [0, 0.1) is 0 Å². The van der Waals surface area contributed by atoms with E-state index in [0.717, 1.165) is 10.0 Å². The van der Waals surface area contributed by atoms with Gasteiger partial charge in [0, 0.05) is 15.5 Å². The van der Waals surface area contributed by atoms with E-state index in [0.29, 0.717) is 5.02 Å². The first-order valence-electron chi connectivity index (χ1n) is 6.02. The lowest BCUT2D eigenvalue weighted by atomic mass is 10.1. The van der Waals surface area contributed by atoms with Crippen molar-refractivity contribution in [3.63, 3.8) is 0 Å². The Labute approximate surface area is 142 Å². The minimum atomic E-state index is -3.75. The molecular weight excluding hydrogens is 397 g/mol. The molecule has 0 spiro atoms. The molecule has 0 radical (unpaired) electrons. The lowest BCUT2D eigenvalue weighted by Crippen LogP contribution is -2.27. The van der Waals surface area contributed by atoms with Gasteiger partial charge in [-0.25, -0.2) is 13.1 Å². The molecule has 3 nitrogen and oxygen atoms in total. The molecule has 0 aliphatic carbocycles. The number of rotatable bonds is 4. The molecule has 112 valence electrons. The zero-order chi connectivity index (χ0) is 15.6. The van der Waals surface area contributed by atoms with Gasteiger partial charge in [0.05, 0.1) is 5.02 Å². The van der Waals surface area contributed by atoms with Crippen molar-refractivity contribution in [3.8, 4) is 0 Å². The van der Waals surface area contributed by atoms with E-state index in [4.69, 9.17) is 23.2 Å². The maximum absolute atomic E-state index is 12.4. The number of sulfonamides is 1. The largest absolute Gasteiger partial charge is 0.242 e. The third-order valence-electron chi connectivity index (χ3n) is 2.88. The molecule has 1 atom stereocenters. The van der Waals surface area contributed by atoms with Crippen LogP contribution in [-0.2, 0) is 10.0 Å². The van der Waals surface area contributed by atoms with Gasteiger partial charge in [-0.05, 0) is 42.8 Å². The van der Waals surface area contributed by atoms with E-state index >= 15 is 0 Å². The summed E-state index contributed by atoms with van der Waals surface area (Å²) in [5, 5.41) is 0.450. The van der Waals surface area contributed by atoms with Crippen LogP contribution in [0.1, 0.15) is 18.5 Å². The molecule has 0 amide bonds. The summed E-state index contributed by atoms with van der Waals surface area (Å²) in [6.07, 6.45) is 0. The summed E-state index contributed by atoms with van der Waals surface area (Å²) in [4.78, 5) is -0.0272. The highest BCUT2D eigenvalue weighted by Crippen LogP contribution is 2.26. The number of halogens is 3. The van der Waals surface area contributed by atoms with E-state index in [-0.39, 0.29) is 9.92 Å². The second-order valence-corrected chi connectivity index (χ2v) is 7.91. The number of benzene rings is 2. The molecular formula is C14H12BrCl2NO2S. The number of nitrogens with one attached hydrogen (secondary N) is 1. The monoisotopic (exact) mass is 407 g/mol. The summed E-state index contributed by atoms with van der Waals surface area (Å²) >= 11 is 15.1. The van der Waals surface area contributed by atoms with E-state index in [1.807, 2.05) is 24.3 Å². The van der Waals surface area contributed by atoms with Gasteiger partial charge in [-0.15, -0.1) is 0 Å². The van der Waals surface area contributed by atoms with E-state index in [1.165, 1.54) is 12.1 Å². The molecule has 0 aromatic heterocycles. The van der Waals surface area contributed by atoms with Crippen molar-refractivity contribution in [1.29, 1.82) is 0 Å². The van der Waals surface area contributed by atoms with Crippen LogP contribution in [0.5, 0.6) is 0 Å². The predicted molar refractivity (Wildman–Crippen MR) is 89.3 cm³/mol. The van der Waals surface area contributed by atoms with E-state index in [9.17, 15) is 8.42 Å². The smallest absolute Gasteiger partial charge is 0.207 e. The zero-order valence-corrected chi connectivity index (χ0v) is 14.9. The van der Waals surface area contributed by atoms with Crippen molar-refractivity contribution in [1.82, 2.24) is 4.72 Å². The van der Waals surface area contributed by atoms with Crippen LogP contribution in [0.15, 0.2) is 51.8 Å². The highest BCUT2D eigenvalue weighted by molar-refractivity contribution is 9.10. The summed E-state index contributed by atoms with van der Waals surface area (Å²) in [6, 6.07) is 11.3. The minimum Gasteiger partial charge on any atom is -0.207 e. The average Bonchev–Trinajstić information content (AvgIpc) is 2.41. The van der Waals surface area contributed by atoms with E-state index in [1.54, 1.807) is 13.0 Å². The van der Waals surface area contributed by atoms with Gasteiger partial charge in [-0.2, -0.15) is 0 Å². The molecule has 0 saturated carbocycles. The van der Waals surface area contributed by atoms with Gasteiger partial charge >= 0.3 is 0 Å². The highest BCUT2D eigenvalue weighted by atomic mass is 79.9. The standard InChI is InChI=1S/C14H12BrCl2NO2S/c1-9(10-2-4-11(15)5-3-10)18-21(19,20)14-8-12(16)6-7-13(14)17/h2-9,18H,1H3/t9-/m0/s1. The van der Waals surface area contributed by atoms with Crippen LogP contribution >= 0.6 is 39.1 Å². The molecule has 0 saturated heterocycles. The summed E-state index contributed by atoms with van der Waals surface area (Å²) in [5.41, 5.74) is 0.847. The number of hydrogen-bond acceptors (Lipinski definition) is 2. The third kappa shape index (κ3) is 4.20. The molecule has 0 aliphatic rings. The Bertz CT molecular complexity index is 748. The molecule has 7 heteroatoms. The molecule has 2 aromatic rings. The molecule has 2 aromatic carbocycles. The van der Waals surface area contributed by atoms with Gasteiger partial charge in [-0.1, -0.05) is 51.3 Å². The Kier molecular flexibility index (Phi) is 5.33. The van der Waals surface area contributed by atoms with Gasteiger partial charge in [-0.3, -0.25) is 0 Å². The molecule has 0 heterocycles. The maximum Gasteiger partial charge on any atom is 0.242 e. The maximum atomic E-state index is 12.4. The Balaban J connectivity index is 2.28. The van der Waals surface area contributed by atoms with Gasteiger partial charge in [0.25, 0.3) is 0 Å². The van der Waals surface area contributed by atoms with Gasteiger partial charge < -0.3 is 0 Å². The fourth-order valence-electron chi connectivity index (χ4n) is 1.80. The van der Waals surface area contributed by atoms with Crippen molar-refractivity contribution in [2.45, 2.75) is 17.9 Å². The van der Waals surface area contributed by atoms with Crippen LogP contribution in [0.25, 0.3) is 0 Å². The summed E-state index contributed by atoms with van der Waals surface area (Å²) < 4.78 is 28.3. The SMILES string of the molecule is C[C@H](NS(=O)(=O)c1cc(Cl)ccc1Cl)c1ccc(Br)cc1. The Morgan fingerprint density at radius 1 is 1.10 bits per heavy atom. The summed E-state index contributed by atoms with van der Waals surface area (Å²) in [7, 11) is -3.75. The van der Waals surface area contributed by atoms with Crippen molar-refractivity contribution in [2.24, 2.45) is 0 Å². The van der Waals surface area contributed by atoms with E-state index < -0.39 is 16.1 Å². The molecule has 1 N–H and O–H groups in total. The third-order valence-corrected chi connectivity index (χ3v) is 5.67. The first-order chi connectivity index (χ1) is 9.79. The molecule has 0 bridgehead atoms. The summed E-state index contributed by atoms with van der Waals surface area (Å²) in [5.74, 6) is 0. The average molecular weight is 409 g/mol. The van der Waals surface area contributed by atoms with Crippen molar-refractivity contribution in [2.75, 3.05) is 0 Å². The lowest BCUT2D eigenvalue weighted by Gasteiger charge is -2.15. The fraction of sp³-hybridized carbons (Fsp3) is 0.143. The molecule has 0 fully saturated rings. The molecule has 0 unspecified atom stereocenters. The molecule has 2 rings (SSSR count). The Morgan fingerprint density at radius 3 is 2.33 bits per heavy atom. The van der Waals surface area contributed by atoms with Crippen molar-refractivity contribution in [3.05, 3.63) is 62.5 Å². The fourth-order valence-corrected chi connectivity index (χ4v) is 4.06. The van der Waals surface area contributed by atoms with Crippen LogP contribution in [-0.4, -0.2) is 8.42 Å². The second kappa shape index (κ2) is 6.67. The topological polar surface area (TPSA) is 46.2 Å². The van der Waals surface area contributed by atoms with Crippen LogP contribution in [0.2, 0.25) is 10.0 Å². The van der Waals surface area contributed by atoms with Gasteiger partial charge in [0.2, 0.25) is 10.0 Å². The van der Waals surface area contributed by atoms with Crippen LogP contribution in [0.4, 0.5) is 0 Å². The van der Waals surface area contributed by atoms with E-state index in [2.05, 4.69) is 20.7 Å². The van der Waals surface area contributed by atoms with Crippen molar-refractivity contribution >= 4 is 49.2 Å². The lowest BCUT2D eigenvalue weighted by molar-refractivity contribution is 0.567. The first kappa shape index (κ1) is 16.8. The Morgan fingerprint density at radius 2 is 1.71 bits per heavy atom. The minimum absolute atomic E-state index is 0.0272. The second-order valence-electron chi connectivity index (χ2n) is 4.47. The number of hydrogen-bond donors (Lipinski definition) is 1. The Hall–Kier alpha value is -0.590. The predicted octanol–water partition coefficient (Wildman–Crippen LogP) is 4.80. The van der Waals surface area contributed by atoms with Crippen LogP contribution < -0.4 is 4.72 Å². The first-order valence-corrected chi connectivity index (χ1v) is 9.05. The molecule has 21 heavy (non-hydrogen) atoms. The van der Waals surface area contributed by atoms with Crippen molar-refractivity contribution < 1.29 is 8.42 Å². The normalized spacial score (nSPS) is 13.1. The quantitative estimate of drug-likeness (QED) is 0.789. The van der Waals surface area contributed by atoms with Gasteiger partial charge in [0.1, 0.15) is 4.90 Å². The summed E-state index contributed by atoms with van der Waals surface area (Å²) in [6.45, 7) is 1.76. The van der Waals surface area contributed by atoms with Crippen LogP contribution in [0.3, 0.4) is 0 Å². The highest BCUT2D eigenvalue weighted by Gasteiger charge is 2.21. The van der Waals surface area contributed by atoms with Gasteiger partial charge in [0.15, 0.2) is 0 Å². The molecule has 0 aliphatic heterocycles. The zero-order valence-electron chi connectivity index (χ0n) is 11.0.